The molecule has 1 saturated heterocycles. The number of fused-ring (bicyclic) bond motifs is 3. The molecule has 2 atom stereocenters. The van der Waals surface area contributed by atoms with Gasteiger partial charge in [-0.3, -0.25) is 0 Å². The maximum Gasteiger partial charge on any atom is 0.133 e. The summed E-state index contributed by atoms with van der Waals surface area (Å²) in [7, 11) is 2.19. The lowest BCUT2D eigenvalue weighted by molar-refractivity contribution is 0.309. The fourth-order valence-corrected chi connectivity index (χ4v) is 5.78. The number of aromatic nitrogens is 1. The first-order valence-corrected chi connectivity index (χ1v) is 12.0. The molecule has 0 amide bonds. The molecule has 2 aliphatic heterocycles. The van der Waals surface area contributed by atoms with Crippen molar-refractivity contribution in [1.29, 1.82) is 0 Å². The maximum absolute atomic E-state index is 14.4. The van der Waals surface area contributed by atoms with Gasteiger partial charge in [0.25, 0.3) is 0 Å². The largest absolute Gasteiger partial charge is 0.457 e. The number of ether oxygens (including phenoxy) is 1. The van der Waals surface area contributed by atoms with Crippen LogP contribution in [-0.2, 0) is 12.8 Å². The molecule has 0 saturated carbocycles. The van der Waals surface area contributed by atoms with Gasteiger partial charge in [-0.25, -0.2) is 4.39 Å². The molecule has 1 unspecified atom stereocenters. The highest BCUT2D eigenvalue weighted by molar-refractivity contribution is 5.85. The Balaban J connectivity index is 1.59. The second kappa shape index (κ2) is 8.34. The van der Waals surface area contributed by atoms with Crippen LogP contribution in [0.15, 0.2) is 66.9 Å². The Morgan fingerprint density at radius 1 is 1.06 bits per heavy atom. The number of terminal acetylenes is 1. The van der Waals surface area contributed by atoms with Gasteiger partial charge in [0.05, 0.1) is 6.04 Å². The van der Waals surface area contributed by atoms with Gasteiger partial charge in [-0.05, 0) is 74.3 Å². The van der Waals surface area contributed by atoms with Gasteiger partial charge in [-0.15, -0.1) is 12.3 Å². The predicted molar refractivity (Wildman–Crippen MR) is 134 cm³/mol. The summed E-state index contributed by atoms with van der Waals surface area (Å²) < 4.78 is 23.1. The van der Waals surface area contributed by atoms with Crippen molar-refractivity contribution >= 4 is 10.9 Å². The summed E-state index contributed by atoms with van der Waals surface area (Å²) in [5.74, 6) is 4.29. The van der Waals surface area contributed by atoms with Gasteiger partial charge < -0.3 is 14.2 Å². The van der Waals surface area contributed by atoms with Crippen LogP contribution in [0.25, 0.3) is 10.9 Å². The molecule has 0 bridgehead atoms. The number of nitrogens with zero attached hydrogens (tertiary/aromatic N) is 2. The minimum atomic E-state index is -0.202. The number of para-hydroxylation sites is 1. The van der Waals surface area contributed by atoms with Crippen LogP contribution >= 0.6 is 0 Å². The molecule has 0 radical (unpaired) electrons. The van der Waals surface area contributed by atoms with Crippen molar-refractivity contribution in [3.63, 3.8) is 0 Å². The fraction of sp³-hybridized carbons (Fsp3) is 0.267. The Kier molecular flexibility index (Phi) is 5.16. The average Bonchev–Trinajstić information content (AvgIpc) is 3.41. The van der Waals surface area contributed by atoms with Crippen LogP contribution in [0.1, 0.15) is 41.1 Å². The third kappa shape index (κ3) is 3.40. The van der Waals surface area contributed by atoms with E-state index in [1.165, 1.54) is 18.4 Å². The Bertz CT molecular complexity index is 1430. The molecule has 4 heteroatoms. The molecule has 0 aliphatic carbocycles. The Hall–Kier alpha value is -3.55. The standard InChI is InChI=1S/C30H27FN2O/c1-3-8-20-9-6-13-28-29(20)30(24-11-4-5-12-27(24)34-28)33-19-21(17-23-10-7-16-32(23)2)25-18-22(31)14-15-26(25)33/h1,4-6,9,11-15,18-19,23,30H,7-8,10,16-17H2,2H3/t23?,30-/m0/s1. The number of rotatable bonds is 4. The molecule has 1 fully saturated rings. The summed E-state index contributed by atoms with van der Waals surface area (Å²) in [4.78, 5) is 2.42. The third-order valence-electron chi connectivity index (χ3n) is 7.44. The molecule has 0 spiro atoms. The number of likely N-dealkylation sites (tertiary alicyclic amines) is 1. The van der Waals surface area contributed by atoms with Gasteiger partial charge >= 0.3 is 0 Å². The summed E-state index contributed by atoms with van der Waals surface area (Å²) in [5.41, 5.74) is 5.48. The zero-order valence-electron chi connectivity index (χ0n) is 19.3. The molecular weight excluding hydrogens is 423 g/mol. The molecule has 6 rings (SSSR count). The summed E-state index contributed by atoms with van der Waals surface area (Å²) in [6.45, 7) is 1.12. The van der Waals surface area contributed by atoms with Crippen LogP contribution in [0.2, 0.25) is 0 Å². The molecule has 4 aromatic rings. The number of halogens is 1. The minimum Gasteiger partial charge on any atom is -0.457 e. The zero-order chi connectivity index (χ0) is 23.2. The van der Waals surface area contributed by atoms with Gasteiger partial charge in [-0.2, -0.15) is 0 Å². The first kappa shape index (κ1) is 21.0. The highest BCUT2D eigenvalue weighted by Crippen LogP contribution is 2.47. The van der Waals surface area contributed by atoms with Crippen LogP contribution in [-0.4, -0.2) is 29.1 Å². The van der Waals surface area contributed by atoms with Crippen molar-refractivity contribution in [2.24, 2.45) is 0 Å². The Morgan fingerprint density at radius 2 is 1.91 bits per heavy atom. The Labute approximate surface area is 199 Å². The molecular formula is C30H27FN2O. The molecule has 3 nitrogen and oxygen atoms in total. The average molecular weight is 451 g/mol. The summed E-state index contributed by atoms with van der Waals surface area (Å²) >= 11 is 0. The maximum atomic E-state index is 14.4. The smallest absolute Gasteiger partial charge is 0.133 e. The van der Waals surface area contributed by atoms with E-state index in [-0.39, 0.29) is 11.9 Å². The van der Waals surface area contributed by atoms with Crippen LogP contribution in [0, 0.1) is 18.2 Å². The molecule has 3 heterocycles. The summed E-state index contributed by atoms with van der Waals surface area (Å²) in [6, 6.07) is 19.8. The van der Waals surface area contributed by atoms with E-state index in [1.54, 1.807) is 12.1 Å². The van der Waals surface area contributed by atoms with Crippen LogP contribution in [0.4, 0.5) is 4.39 Å². The number of hydrogen-bond donors (Lipinski definition) is 0. The highest BCUT2D eigenvalue weighted by atomic mass is 19.1. The zero-order valence-corrected chi connectivity index (χ0v) is 19.3. The third-order valence-corrected chi connectivity index (χ3v) is 7.44. The minimum absolute atomic E-state index is 0.104. The van der Waals surface area contributed by atoms with E-state index in [0.29, 0.717) is 12.5 Å². The molecule has 3 aromatic carbocycles. The van der Waals surface area contributed by atoms with Gasteiger partial charge in [-0.1, -0.05) is 30.3 Å². The van der Waals surface area contributed by atoms with Crippen LogP contribution < -0.4 is 4.74 Å². The lowest BCUT2D eigenvalue weighted by atomic mass is 9.89. The lowest BCUT2D eigenvalue weighted by Gasteiger charge is -2.31. The van der Waals surface area contributed by atoms with Crippen molar-refractivity contribution in [1.82, 2.24) is 9.47 Å². The first-order valence-electron chi connectivity index (χ1n) is 12.0. The molecule has 2 aliphatic rings. The van der Waals surface area contributed by atoms with Crippen molar-refractivity contribution in [3.8, 4) is 23.8 Å². The van der Waals surface area contributed by atoms with E-state index >= 15 is 0 Å². The summed E-state index contributed by atoms with van der Waals surface area (Å²) in [6.07, 6.45) is 11.8. The lowest BCUT2D eigenvalue weighted by Crippen LogP contribution is -2.26. The number of hydrogen-bond acceptors (Lipinski definition) is 2. The molecule has 34 heavy (non-hydrogen) atoms. The molecule has 0 N–H and O–H groups in total. The normalized spacial score (nSPS) is 19.4. The van der Waals surface area contributed by atoms with E-state index in [0.717, 1.165) is 52.1 Å². The van der Waals surface area contributed by atoms with E-state index < -0.39 is 0 Å². The number of benzene rings is 3. The fourth-order valence-electron chi connectivity index (χ4n) is 5.78. The van der Waals surface area contributed by atoms with E-state index in [9.17, 15) is 4.39 Å². The first-order chi connectivity index (χ1) is 16.6. The second-order valence-electron chi connectivity index (χ2n) is 9.46. The van der Waals surface area contributed by atoms with Crippen molar-refractivity contribution < 1.29 is 9.13 Å². The highest BCUT2D eigenvalue weighted by Gasteiger charge is 2.32. The Morgan fingerprint density at radius 3 is 2.74 bits per heavy atom. The van der Waals surface area contributed by atoms with Gasteiger partial charge in [0.1, 0.15) is 17.3 Å². The van der Waals surface area contributed by atoms with Crippen molar-refractivity contribution in [2.45, 2.75) is 37.8 Å². The molecule has 170 valence electrons. The van der Waals surface area contributed by atoms with Gasteiger partial charge in [0.15, 0.2) is 0 Å². The quantitative estimate of drug-likeness (QED) is 0.298. The van der Waals surface area contributed by atoms with E-state index in [2.05, 4.69) is 40.8 Å². The number of likely N-dealkylation sites (N-methyl/N-ethyl adjacent to an activating group) is 1. The monoisotopic (exact) mass is 450 g/mol. The predicted octanol–water partition coefficient (Wildman–Crippen LogP) is 6.34. The van der Waals surface area contributed by atoms with Crippen LogP contribution in [0.5, 0.6) is 11.5 Å². The van der Waals surface area contributed by atoms with Crippen molar-refractivity contribution in [2.75, 3.05) is 13.6 Å². The van der Waals surface area contributed by atoms with E-state index in [4.69, 9.17) is 11.2 Å². The topological polar surface area (TPSA) is 17.4 Å². The van der Waals surface area contributed by atoms with Gasteiger partial charge in [0, 0.05) is 40.7 Å². The van der Waals surface area contributed by atoms with Gasteiger partial charge in [0.2, 0.25) is 0 Å². The SMILES string of the molecule is C#CCc1cccc2c1[C@@H](n1cc(CC3CCCN3C)c3cc(F)ccc31)c1ccccc1O2. The summed E-state index contributed by atoms with van der Waals surface area (Å²) in [5, 5.41) is 0.986. The van der Waals surface area contributed by atoms with Crippen LogP contribution in [0.3, 0.4) is 0 Å². The van der Waals surface area contributed by atoms with E-state index in [1.807, 2.05) is 36.4 Å². The second-order valence-corrected chi connectivity index (χ2v) is 9.46. The van der Waals surface area contributed by atoms with Crippen molar-refractivity contribution in [3.05, 3.63) is 94.9 Å². The molecule has 1 aromatic heterocycles.